The third-order valence-corrected chi connectivity index (χ3v) is 2.82. The van der Waals surface area contributed by atoms with Crippen LogP contribution in [-0.2, 0) is 0 Å². The van der Waals surface area contributed by atoms with Gasteiger partial charge in [0.2, 0.25) is 0 Å². The molecule has 0 spiro atoms. The van der Waals surface area contributed by atoms with E-state index in [1.54, 1.807) is 0 Å². The molecule has 0 aromatic carbocycles. The van der Waals surface area contributed by atoms with Crippen LogP contribution in [0.5, 0.6) is 0 Å². The van der Waals surface area contributed by atoms with E-state index in [4.69, 9.17) is 5.11 Å². The molecule has 0 radical (unpaired) electrons. The lowest BCUT2D eigenvalue weighted by Crippen LogP contribution is -2.08. The molecule has 0 atom stereocenters. The Labute approximate surface area is 111 Å². The van der Waals surface area contributed by atoms with Crippen LogP contribution in [-0.4, -0.2) is 11.7 Å². The summed E-state index contributed by atoms with van der Waals surface area (Å²) in [7, 11) is 0. The van der Waals surface area contributed by atoms with Crippen molar-refractivity contribution in [2.45, 2.75) is 87.0 Å². The molecule has 0 aromatic heterocycles. The van der Waals surface area contributed by atoms with Crippen molar-refractivity contribution < 1.29 is 5.11 Å². The predicted octanol–water partition coefficient (Wildman–Crippen LogP) is 5.66. The molecule has 0 amide bonds. The van der Waals surface area contributed by atoms with Crippen molar-refractivity contribution in [2.24, 2.45) is 11.8 Å². The highest BCUT2D eigenvalue weighted by Crippen LogP contribution is 2.27. The summed E-state index contributed by atoms with van der Waals surface area (Å²) in [6.07, 6.45) is 7.93. The van der Waals surface area contributed by atoms with Crippen LogP contribution in [0.15, 0.2) is 0 Å². The SMILES string of the molecule is CC.CC.CC1CCC(C)CC1.CCCCO. The Morgan fingerprint density at radius 1 is 0.824 bits per heavy atom. The van der Waals surface area contributed by atoms with Crippen molar-refractivity contribution in [1.82, 2.24) is 0 Å². The first kappa shape index (κ1) is 22.2. The Hall–Kier alpha value is -0.0400. The molecule has 1 fully saturated rings. The van der Waals surface area contributed by atoms with Crippen molar-refractivity contribution in [3.63, 3.8) is 0 Å². The smallest absolute Gasteiger partial charge is 0.0430 e. The van der Waals surface area contributed by atoms with E-state index in [0.29, 0.717) is 6.61 Å². The summed E-state index contributed by atoms with van der Waals surface area (Å²) >= 11 is 0. The summed E-state index contributed by atoms with van der Waals surface area (Å²) < 4.78 is 0. The Morgan fingerprint density at radius 3 is 1.24 bits per heavy atom. The molecule has 0 saturated heterocycles. The van der Waals surface area contributed by atoms with Gasteiger partial charge in [0.1, 0.15) is 0 Å². The van der Waals surface area contributed by atoms with Gasteiger partial charge in [-0.1, -0.05) is 80.6 Å². The molecule has 0 heterocycles. The molecule has 1 heteroatoms. The maximum atomic E-state index is 8.07. The molecule has 1 aliphatic carbocycles. The average molecular weight is 246 g/mol. The lowest BCUT2D eigenvalue weighted by Gasteiger charge is -2.22. The Kier molecular flexibility index (Phi) is 27.7. The van der Waals surface area contributed by atoms with Gasteiger partial charge in [-0.2, -0.15) is 0 Å². The van der Waals surface area contributed by atoms with Gasteiger partial charge in [-0.05, 0) is 18.3 Å². The van der Waals surface area contributed by atoms with Crippen LogP contribution in [0.2, 0.25) is 0 Å². The monoisotopic (exact) mass is 246 g/mol. The number of hydrogen-bond donors (Lipinski definition) is 1. The number of aliphatic hydroxyl groups excluding tert-OH is 1. The highest BCUT2D eigenvalue weighted by atomic mass is 16.2. The van der Waals surface area contributed by atoms with E-state index in [1.807, 2.05) is 27.7 Å². The molecule has 1 rings (SSSR count). The number of unbranched alkanes of at least 4 members (excludes halogenated alkanes) is 1. The minimum absolute atomic E-state index is 0.344. The van der Waals surface area contributed by atoms with Crippen LogP contribution in [0.1, 0.15) is 87.0 Å². The first-order valence-electron chi connectivity index (χ1n) is 7.81. The van der Waals surface area contributed by atoms with Gasteiger partial charge in [-0.15, -0.1) is 0 Å². The van der Waals surface area contributed by atoms with Crippen molar-refractivity contribution in [3.05, 3.63) is 0 Å². The second-order valence-corrected chi connectivity index (χ2v) is 4.44. The van der Waals surface area contributed by atoms with Crippen LogP contribution in [0.3, 0.4) is 0 Å². The predicted molar refractivity (Wildman–Crippen MR) is 81.5 cm³/mol. The lowest BCUT2D eigenvalue weighted by atomic mass is 9.84. The van der Waals surface area contributed by atoms with Gasteiger partial charge in [0.25, 0.3) is 0 Å². The minimum atomic E-state index is 0.344. The summed E-state index contributed by atoms with van der Waals surface area (Å²) in [6, 6.07) is 0. The van der Waals surface area contributed by atoms with Crippen LogP contribution in [0, 0.1) is 11.8 Å². The maximum absolute atomic E-state index is 8.07. The second kappa shape index (κ2) is 21.3. The van der Waals surface area contributed by atoms with Crippen LogP contribution in [0.4, 0.5) is 0 Å². The molecule has 0 bridgehead atoms. The van der Waals surface area contributed by atoms with Gasteiger partial charge in [-0.25, -0.2) is 0 Å². The van der Waals surface area contributed by atoms with Crippen LogP contribution < -0.4 is 0 Å². The maximum Gasteiger partial charge on any atom is 0.0430 e. The summed E-state index contributed by atoms with van der Waals surface area (Å²) in [5, 5.41) is 8.07. The minimum Gasteiger partial charge on any atom is -0.396 e. The van der Waals surface area contributed by atoms with E-state index < -0.39 is 0 Å². The molecule has 0 aromatic rings. The molecule has 0 aliphatic heterocycles. The van der Waals surface area contributed by atoms with Crippen LogP contribution >= 0.6 is 0 Å². The fourth-order valence-corrected chi connectivity index (χ4v) is 1.58. The largest absolute Gasteiger partial charge is 0.396 e. The van der Waals surface area contributed by atoms with Gasteiger partial charge in [0.05, 0.1) is 0 Å². The zero-order chi connectivity index (χ0) is 14.1. The summed E-state index contributed by atoms with van der Waals surface area (Å²) in [5.41, 5.74) is 0. The third-order valence-electron chi connectivity index (χ3n) is 2.82. The quantitative estimate of drug-likeness (QED) is 0.666. The summed E-state index contributed by atoms with van der Waals surface area (Å²) in [6.45, 7) is 15.1. The molecular weight excluding hydrogens is 208 g/mol. The molecular formula is C16H38O. The highest BCUT2D eigenvalue weighted by Gasteiger charge is 2.13. The second-order valence-electron chi connectivity index (χ2n) is 4.44. The first-order valence-corrected chi connectivity index (χ1v) is 7.81. The molecule has 17 heavy (non-hydrogen) atoms. The topological polar surface area (TPSA) is 20.2 Å². The average Bonchev–Trinajstić information content (AvgIpc) is 2.40. The first-order chi connectivity index (χ1) is 8.20. The van der Waals surface area contributed by atoms with Gasteiger partial charge in [0, 0.05) is 6.61 Å². The molecule has 108 valence electrons. The van der Waals surface area contributed by atoms with E-state index in [0.717, 1.165) is 24.7 Å². The zero-order valence-electron chi connectivity index (χ0n) is 13.6. The Morgan fingerprint density at radius 2 is 1.12 bits per heavy atom. The van der Waals surface area contributed by atoms with E-state index in [1.165, 1.54) is 25.7 Å². The molecule has 1 nitrogen and oxygen atoms in total. The van der Waals surface area contributed by atoms with Gasteiger partial charge < -0.3 is 5.11 Å². The number of hydrogen-bond acceptors (Lipinski definition) is 1. The summed E-state index contributed by atoms with van der Waals surface area (Å²) in [5.74, 6) is 2.04. The lowest BCUT2D eigenvalue weighted by molar-refractivity contribution is 0.287. The number of rotatable bonds is 2. The molecule has 1 N–H and O–H groups in total. The van der Waals surface area contributed by atoms with E-state index >= 15 is 0 Å². The van der Waals surface area contributed by atoms with E-state index in [-0.39, 0.29) is 0 Å². The van der Waals surface area contributed by atoms with Crippen molar-refractivity contribution in [3.8, 4) is 0 Å². The van der Waals surface area contributed by atoms with Crippen molar-refractivity contribution >= 4 is 0 Å². The number of aliphatic hydroxyl groups is 1. The fraction of sp³-hybridized carbons (Fsp3) is 1.00. The fourth-order valence-electron chi connectivity index (χ4n) is 1.58. The molecule has 1 aliphatic rings. The van der Waals surface area contributed by atoms with Gasteiger partial charge in [-0.3, -0.25) is 0 Å². The Balaban J connectivity index is -0.000000190. The van der Waals surface area contributed by atoms with Crippen molar-refractivity contribution in [1.29, 1.82) is 0 Å². The van der Waals surface area contributed by atoms with Gasteiger partial charge >= 0.3 is 0 Å². The summed E-state index contributed by atoms with van der Waals surface area (Å²) in [4.78, 5) is 0. The van der Waals surface area contributed by atoms with E-state index in [9.17, 15) is 0 Å². The van der Waals surface area contributed by atoms with Gasteiger partial charge in [0.15, 0.2) is 0 Å². The highest BCUT2D eigenvalue weighted by molar-refractivity contribution is 4.65. The molecule has 1 saturated carbocycles. The van der Waals surface area contributed by atoms with E-state index in [2.05, 4.69) is 20.8 Å². The van der Waals surface area contributed by atoms with Crippen LogP contribution in [0.25, 0.3) is 0 Å². The standard InChI is InChI=1S/C8H16.C4H10O.2C2H6/c1-7-3-5-8(2)6-4-7;1-2-3-4-5;2*1-2/h7-8H,3-6H2,1-2H3;5H,2-4H2,1H3;2*1-2H3. The molecule has 0 unspecified atom stereocenters. The third kappa shape index (κ3) is 21.7. The normalized spacial score (nSPS) is 21.9. The Bertz CT molecular complexity index is 81.7. The van der Waals surface area contributed by atoms with Crippen molar-refractivity contribution in [2.75, 3.05) is 6.61 Å². The zero-order valence-corrected chi connectivity index (χ0v) is 13.6.